The summed E-state index contributed by atoms with van der Waals surface area (Å²) >= 11 is 0. The van der Waals surface area contributed by atoms with Gasteiger partial charge in [0.2, 0.25) is 0 Å². The third-order valence-electron chi connectivity index (χ3n) is 3.09. The number of aromatic carboxylic acids is 1. The van der Waals surface area contributed by atoms with Crippen LogP contribution in [0.1, 0.15) is 21.5 Å². The molecule has 0 unspecified atom stereocenters. The number of carboxylic acids is 1. The Balaban J connectivity index is 2.31. The lowest BCUT2D eigenvalue weighted by Crippen LogP contribution is -2.19. The minimum Gasteiger partial charge on any atom is -0.478 e. The fraction of sp³-hybridized carbons (Fsp3) is 0.125. The molecule has 0 aliphatic heterocycles. The number of benzene rings is 2. The second-order valence-electron chi connectivity index (χ2n) is 4.45. The standard InChI is InChI=1S/C16H14N2O2/c1-18(15-9-5-3-6-12(15)10-17)11-13-7-2-4-8-14(13)16(19)20/h2-9H,11H2,1H3,(H,19,20). The predicted molar refractivity (Wildman–Crippen MR) is 76.7 cm³/mol. The molecule has 0 heterocycles. The molecule has 0 saturated carbocycles. The molecule has 2 rings (SSSR count). The summed E-state index contributed by atoms with van der Waals surface area (Å²) in [6.07, 6.45) is 0. The van der Waals surface area contributed by atoms with Crippen LogP contribution in [0.2, 0.25) is 0 Å². The summed E-state index contributed by atoms with van der Waals surface area (Å²) in [5.74, 6) is -0.942. The Kier molecular flexibility index (Phi) is 4.02. The smallest absolute Gasteiger partial charge is 0.336 e. The molecule has 100 valence electrons. The second kappa shape index (κ2) is 5.89. The highest BCUT2D eigenvalue weighted by Crippen LogP contribution is 2.21. The van der Waals surface area contributed by atoms with Gasteiger partial charge in [0.25, 0.3) is 0 Å². The third kappa shape index (κ3) is 2.78. The molecule has 2 aromatic carbocycles. The van der Waals surface area contributed by atoms with Gasteiger partial charge in [-0.05, 0) is 23.8 Å². The Bertz CT molecular complexity index is 674. The Hall–Kier alpha value is -2.80. The monoisotopic (exact) mass is 266 g/mol. The first-order valence-electron chi connectivity index (χ1n) is 6.15. The molecule has 0 amide bonds. The molecule has 0 bridgehead atoms. The molecule has 0 atom stereocenters. The summed E-state index contributed by atoms with van der Waals surface area (Å²) in [7, 11) is 1.84. The Morgan fingerprint density at radius 3 is 2.55 bits per heavy atom. The minimum absolute atomic E-state index is 0.286. The van der Waals surface area contributed by atoms with Crippen molar-refractivity contribution >= 4 is 11.7 Å². The number of carboxylic acid groups (broad SMARTS) is 1. The van der Waals surface area contributed by atoms with Gasteiger partial charge in [0, 0.05) is 13.6 Å². The number of nitriles is 1. The lowest BCUT2D eigenvalue weighted by molar-refractivity contribution is 0.0695. The maximum absolute atomic E-state index is 11.2. The topological polar surface area (TPSA) is 64.3 Å². The largest absolute Gasteiger partial charge is 0.478 e. The number of anilines is 1. The van der Waals surface area contributed by atoms with Crippen LogP contribution < -0.4 is 4.90 Å². The molecule has 0 aliphatic carbocycles. The molecule has 0 aromatic heterocycles. The van der Waals surface area contributed by atoms with E-state index in [4.69, 9.17) is 5.26 Å². The summed E-state index contributed by atoms with van der Waals surface area (Å²) in [6.45, 7) is 0.432. The zero-order valence-electron chi connectivity index (χ0n) is 11.1. The first kappa shape index (κ1) is 13.6. The average Bonchev–Trinajstić information content (AvgIpc) is 2.47. The predicted octanol–water partition coefficient (Wildman–Crippen LogP) is 2.89. The molecule has 0 radical (unpaired) electrons. The van der Waals surface area contributed by atoms with Gasteiger partial charge in [-0.1, -0.05) is 30.3 Å². The number of nitrogens with zero attached hydrogens (tertiary/aromatic N) is 2. The third-order valence-corrected chi connectivity index (χ3v) is 3.09. The molecule has 20 heavy (non-hydrogen) atoms. The van der Waals surface area contributed by atoms with Gasteiger partial charge < -0.3 is 10.0 Å². The molecule has 0 spiro atoms. The van der Waals surface area contributed by atoms with Crippen LogP contribution in [-0.4, -0.2) is 18.1 Å². The maximum atomic E-state index is 11.2. The highest BCUT2D eigenvalue weighted by atomic mass is 16.4. The quantitative estimate of drug-likeness (QED) is 0.924. The van der Waals surface area contributed by atoms with E-state index in [2.05, 4.69) is 6.07 Å². The van der Waals surface area contributed by atoms with Crippen molar-refractivity contribution in [1.82, 2.24) is 0 Å². The van der Waals surface area contributed by atoms with E-state index in [1.165, 1.54) is 0 Å². The summed E-state index contributed by atoms with van der Waals surface area (Å²) in [4.78, 5) is 13.1. The summed E-state index contributed by atoms with van der Waals surface area (Å²) in [6, 6.07) is 16.3. The molecule has 1 N–H and O–H groups in total. The van der Waals surface area contributed by atoms with Crippen LogP contribution >= 0.6 is 0 Å². The normalized spacial score (nSPS) is 9.80. The van der Waals surface area contributed by atoms with Crippen molar-refractivity contribution < 1.29 is 9.90 Å². The van der Waals surface area contributed by atoms with E-state index in [0.29, 0.717) is 12.1 Å². The van der Waals surface area contributed by atoms with Gasteiger partial charge in [-0.2, -0.15) is 5.26 Å². The molecule has 2 aromatic rings. The van der Waals surface area contributed by atoms with E-state index in [-0.39, 0.29) is 5.56 Å². The van der Waals surface area contributed by atoms with Gasteiger partial charge in [-0.25, -0.2) is 4.79 Å². The van der Waals surface area contributed by atoms with Gasteiger partial charge in [0.05, 0.1) is 16.8 Å². The number of rotatable bonds is 4. The highest BCUT2D eigenvalue weighted by molar-refractivity contribution is 5.89. The summed E-state index contributed by atoms with van der Waals surface area (Å²) < 4.78 is 0. The van der Waals surface area contributed by atoms with Crippen molar-refractivity contribution in [2.75, 3.05) is 11.9 Å². The van der Waals surface area contributed by atoms with Gasteiger partial charge in [0.1, 0.15) is 6.07 Å². The van der Waals surface area contributed by atoms with Crippen molar-refractivity contribution in [3.05, 3.63) is 65.2 Å². The van der Waals surface area contributed by atoms with Crippen molar-refractivity contribution in [2.45, 2.75) is 6.54 Å². The fourth-order valence-electron chi connectivity index (χ4n) is 2.11. The zero-order valence-corrected chi connectivity index (χ0v) is 11.1. The summed E-state index contributed by atoms with van der Waals surface area (Å²) in [5, 5.41) is 18.3. The first-order chi connectivity index (χ1) is 9.63. The second-order valence-corrected chi connectivity index (χ2v) is 4.45. The molecular weight excluding hydrogens is 252 g/mol. The number of hydrogen-bond donors (Lipinski definition) is 1. The SMILES string of the molecule is CN(Cc1ccccc1C(=O)O)c1ccccc1C#N. The fourth-order valence-corrected chi connectivity index (χ4v) is 2.11. The molecule has 4 nitrogen and oxygen atoms in total. The number of hydrogen-bond acceptors (Lipinski definition) is 3. The van der Waals surface area contributed by atoms with Gasteiger partial charge in [-0.15, -0.1) is 0 Å². The van der Waals surface area contributed by atoms with Gasteiger partial charge in [-0.3, -0.25) is 0 Å². The van der Waals surface area contributed by atoms with Crippen LogP contribution in [0.3, 0.4) is 0 Å². The molecule has 4 heteroatoms. The van der Waals surface area contributed by atoms with E-state index < -0.39 is 5.97 Å². The van der Waals surface area contributed by atoms with E-state index in [0.717, 1.165) is 11.3 Å². The minimum atomic E-state index is -0.942. The molecule has 0 fully saturated rings. The zero-order chi connectivity index (χ0) is 14.5. The van der Waals surface area contributed by atoms with Crippen LogP contribution in [0.5, 0.6) is 0 Å². The van der Waals surface area contributed by atoms with Crippen LogP contribution in [-0.2, 0) is 6.54 Å². The van der Waals surface area contributed by atoms with Crippen molar-refractivity contribution in [3.63, 3.8) is 0 Å². The van der Waals surface area contributed by atoms with E-state index in [1.807, 2.05) is 30.1 Å². The van der Waals surface area contributed by atoms with Gasteiger partial charge >= 0.3 is 5.97 Å². The number of carbonyl (C=O) groups is 1. The van der Waals surface area contributed by atoms with Crippen LogP contribution in [0.4, 0.5) is 5.69 Å². The summed E-state index contributed by atoms with van der Waals surface area (Å²) in [5.41, 5.74) is 2.36. The Labute approximate surface area is 117 Å². The Morgan fingerprint density at radius 2 is 1.85 bits per heavy atom. The van der Waals surface area contributed by atoms with Crippen LogP contribution in [0.15, 0.2) is 48.5 Å². The van der Waals surface area contributed by atoms with E-state index >= 15 is 0 Å². The maximum Gasteiger partial charge on any atom is 0.336 e. The highest BCUT2D eigenvalue weighted by Gasteiger charge is 2.12. The molecule has 0 aliphatic rings. The molecule has 0 saturated heterocycles. The lowest BCUT2D eigenvalue weighted by atomic mass is 10.1. The average molecular weight is 266 g/mol. The van der Waals surface area contributed by atoms with Crippen molar-refractivity contribution in [3.8, 4) is 6.07 Å². The van der Waals surface area contributed by atoms with Crippen LogP contribution in [0, 0.1) is 11.3 Å². The number of para-hydroxylation sites is 1. The van der Waals surface area contributed by atoms with E-state index in [1.54, 1.807) is 30.3 Å². The van der Waals surface area contributed by atoms with Crippen LogP contribution in [0.25, 0.3) is 0 Å². The van der Waals surface area contributed by atoms with Crippen molar-refractivity contribution in [2.24, 2.45) is 0 Å². The van der Waals surface area contributed by atoms with Crippen molar-refractivity contribution in [1.29, 1.82) is 5.26 Å². The lowest BCUT2D eigenvalue weighted by Gasteiger charge is -2.21. The van der Waals surface area contributed by atoms with E-state index in [9.17, 15) is 9.90 Å². The first-order valence-corrected chi connectivity index (χ1v) is 6.15. The van der Waals surface area contributed by atoms with Gasteiger partial charge in [0.15, 0.2) is 0 Å². The molecular formula is C16H14N2O2. The Morgan fingerprint density at radius 1 is 1.20 bits per heavy atom.